The summed E-state index contributed by atoms with van der Waals surface area (Å²) in [5.74, 6) is 0. The van der Waals surface area contributed by atoms with Gasteiger partial charge < -0.3 is 223 Å². The number of hydrogen-bond acceptors (Lipinski definition) is 49. The monoisotopic (exact) mass is 2350 g/mol. The van der Waals surface area contributed by atoms with E-state index in [1.165, 1.54) is 19.6 Å². The molecule has 61 radical (unpaired) electrons. The second kappa shape index (κ2) is 51.2. The molecule has 5 atom stereocenters. The summed E-state index contributed by atoms with van der Waals surface area (Å²) in [4.78, 5) is 394. The maximum atomic E-state index is 14.8. The molecule has 0 aliphatic rings. The van der Waals surface area contributed by atoms with Crippen LogP contribution in [0.3, 0.4) is 0 Å². The van der Waals surface area contributed by atoms with Crippen molar-refractivity contribution in [3.05, 3.63) is 0 Å². The van der Waals surface area contributed by atoms with Crippen molar-refractivity contribution in [2.24, 2.45) is 0 Å². The Morgan fingerprint density at radius 1 is 0.278 bits per heavy atom. The Kier molecular flexibility index (Phi) is 55.4. The smallest absolute Gasteiger partial charge is 0.420 e. The normalized spacial score (nSPS) is 17.1. The fraction of sp³-hybridized carbons (Fsp3) is 1.00. The molecule has 0 bridgehead atoms. The van der Waals surface area contributed by atoms with Crippen molar-refractivity contribution in [2.75, 3.05) is 7.11 Å². The van der Waals surface area contributed by atoms with Gasteiger partial charge in [-0.25, -0.2) is 0 Å². The molecule has 5 unspecified atom stereocenters. The zero-order valence-electron chi connectivity index (χ0n) is 55.3. The van der Waals surface area contributed by atoms with Crippen LogP contribution in [0.4, 0.5) is 0 Å². The average Bonchev–Trinajstić information content (AvgIpc) is 0.623. The van der Waals surface area contributed by atoms with Gasteiger partial charge in [-0.05, 0) is 52.4 Å². The highest BCUT2D eigenvalue weighted by atomic mass is 30.5. The zero-order chi connectivity index (χ0) is 84.3. The third-order valence-corrected chi connectivity index (χ3v) is 398. The van der Waals surface area contributed by atoms with Crippen molar-refractivity contribution >= 4 is 434 Å². The fourth-order valence-corrected chi connectivity index (χ4v) is 708. The van der Waals surface area contributed by atoms with Crippen LogP contribution >= 0.6 is 0 Å². The summed E-state index contributed by atoms with van der Waals surface area (Å²) in [5, 5.41) is 0. The van der Waals surface area contributed by atoms with E-state index in [9.17, 15) is 149 Å². The minimum absolute atomic E-state index is 0.707. The Morgan fingerprint density at radius 2 is 0.565 bits per heavy atom. The molecule has 0 fully saturated rings. The minimum Gasteiger partial charge on any atom is -0.440 e. The van der Waals surface area contributed by atoms with E-state index in [0.29, 0.717) is 7.11 Å². The van der Waals surface area contributed by atoms with Crippen LogP contribution in [0.25, 0.3) is 0 Å². The van der Waals surface area contributed by atoms with Crippen LogP contribution in [-0.2, 0) is 74.4 Å². The molecule has 0 rings (SSSR count). The van der Waals surface area contributed by atoms with Crippen LogP contribution in [0.15, 0.2) is 0 Å². The van der Waals surface area contributed by atoms with E-state index in [0.717, 1.165) is 32.7 Å². The first-order valence-corrected chi connectivity index (χ1v) is 127. The predicted molar refractivity (Wildman–Crippen MR) is 430 cm³/mol. The van der Waals surface area contributed by atoms with E-state index >= 15 is 0 Å². The van der Waals surface area contributed by atoms with Gasteiger partial charge in [0.1, 0.15) is 0 Å². The molecular weight excluding hydrogens is 2300 g/mol. The zero-order valence-corrected chi connectivity index (χ0v) is 105. The molecule has 0 heterocycles. The standard InChI is InChI=1S/C9H59O49Si50/c1-41-93(59,69-19)54-108(103(84-34,85-35)48-66-16,104(86-36,87-37)49-67-17)107(57-95(72-22,73-23)43-61-11,105(88-38,50-68-18)91(6,7)40)98(53-92(8,9)52-90(3,4)5,106(101(80-30,81-31)46-64-14,102(82-32,83-33)47-65-15)56-94(70-20,71-21)42-60-10)58-97(99(76-26,77-27)44-62-12,100(78-28,79-29)45-63-13)55-96(74-24,75-25)51-89(2)39/h10-40,89H,1-9H3. The van der Waals surface area contributed by atoms with E-state index in [-0.39, 0.29) is 0 Å². The molecule has 0 saturated heterocycles. The van der Waals surface area contributed by atoms with Crippen molar-refractivity contribution < 1.29 is 223 Å². The second-order valence-electron chi connectivity index (χ2n) is 21.2. The summed E-state index contributed by atoms with van der Waals surface area (Å²) >= 11 is 0. The summed E-state index contributed by atoms with van der Waals surface area (Å²) in [6.45, 7) is -65.5. The van der Waals surface area contributed by atoms with Gasteiger partial charge >= 0.3 is 153 Å². The van der Waals surface area contributed by atoms with Gasteiger partial charge in [-0.2, -0.15) is 0 Å². The van der Waals surface area contributed by atoms with Crippen molar-refractivity contribution in [1.82, 2.24) is 0 Å². The van der Waals surface area contributed by atoms with Crippen LogP contribution in [0.2, 0.25) is 52.4 Å². The first-order chi connectivity index (χ1) is 50.4. The SMILES string of the molecule is CO[Si]([Si])(O[Si]([Si](O[Si]O)([Si]O)[Si]O)([Si](O[Si]O)([Si]O)[Si]O)[Si](O[Si](O[Si]O)([Si]O)[Si]O)([Si](O[Si](C)(C)O[Si](C)(C)C)(O[Si](O[Si](O[SiH](C)O)([Si]O)[Si]O)([Si](O[Si]O)([Si]O)[Si]O)[Si](O[Si]O)([Si]O)[Si]O)[Si](O[Si](O[Si]O)([Si]O)[Si]O)([Si](O[Si]O)([Si]O)[Si]O)[Si](O[Si]O)([Si]O)[Si]O)[Si](O[Si]O)([Si]O)[Si](C)(C)O)[Si]O. The van der Waals surface area contributed by atoms with Gasteiger partial charge in [0.15, 0.2) is 16.2 Å². The van der Waals surface area contributed by atoms with Crippen LogP contribution in [0.5, 0.6) is 0 Å². The highest BCUT2D eigenvalue weighted by Gasteiger charge is 3.06. The topological polar surface area (TPSA) is 793 Å². The van der Waals surface area contributed by atoms with Crippen LogP contribution in [0, 0.1) is 0 Å². The molecule has 0 aromatic rings. The Hall–Kier alpha value is 8.88. The molecule has 0 spiro atoms. The molecule has 31 N–H and O–H groups in total. The first-order valence-electron chi connectivity index (χ1n) is 26.6. The summed E-state index contributed by atoms with van der Waals surface area (Å²) in [6, 6.07) is 0. The third-order valence-electron chi connectivity index (χ3n) is 13.6. The third kappa shape index (κ3) is 23.1. The molecule has 0 aromatic carbocycles. The van der Waals surface area contributed by atoms with E-state index in [4.69, 9.17) is 74.4 Å². The quantitative estimate of drug-likeness (QED) is 0.0251. The lowest BCUT2D eigenvalue weighted by atomic mass is 11.8. The van der Waals surface area contributed by atoms with Crippen molar-refractivity contribution in [1.29, 1.82) is 0 Å². The van der Waals surface area contributed by atoms with Crippen molar-refractivity contribution in [2.45, 2.75) is 52.4 Å². The van der Waals surface area contributed by atoms with Gasteiger partial charge in [0.05, 0.1) is 9.76 Å². The molecule has 99 heteroatoms. The Labute approximate surface area is 708 Å². The Balaban J connectivity index is 16.6. The molecule has 108 heavy (non-hydrogen) atoms. The predicted octanol–water partition coefficient (Wildman–Crippen LogP) is -33.0. The largest absolute Gasteiger partial charge is 0.440 e. The van der Waals surface area contributed by atoms with Gasteiger partial charge in [0, 0.05) is 7.11 Å². The van der Waals surface area contributed by atoms with Crippen molar-refractivity contribution in [3.63, 3.8) is 0 Å². The average molecular weight is 2360 g/mol. The molecular formula is C9H59O49Si50. The van der Waals surface area contributed by atoms with Crippen molar-refractivity contribution in [3.8, 4) is 0 Å². The lowest BCUT2D eigenvalue weighted by Crippen LogP contribution is -3.18. The Bertz CT molecular complexity index is 2400. The van der Waals surface area contributed by atoms with E-state index in [1.54, 1.807) is 0 Å². The molecule has 0 aliphatic heterocycles. The van der Waals surface area contributed by atoms with Gasteiger partial charge in [0.25, 0.3) is 92.4 Å². The molecule has 0 aliphatic carbocycles. The summed E-state index contributed by atoms with van der Waals surface area (Å²) in [6.07, 6.45) is 0. The van der Waals surface area contributed by atoms with Crippen LogP contribution in [0.1, 0.15) is 0 Å². The molecule has 0 saturated carbocycles. The van der Waals surface area contributed by atoms with Gasteiger partial charge in [-0.3, -0.25) is 0 Å². The van der Waals surface area contributed by atoms with Crippen LogP contribution < -0.4 is 0 Å². The second-order valence-corrected chi connectivity index (χ2v) is 232. The minimum atomic E-state index is -9.04. The molecule has 0 amide bonds. The van der Waals surface area contributed by atoms with E-state index in [1.807, 2.05) is 0 Å². The van der Waals surface area contributed by atoms with Crippen LogP contribution in [-0.4, -0.2) is 589 Å². The highest BCUT2D eigenvalue weighted by Crippen LogP contribution is 2.59. The number of rotatable bonds is 66. The fourth-order valence-electron chi connectivity index (χ4n) is 10.1. The van der Waals surface area contributed by atoms with Gasteiger partial charge in [-0.15, -0.1) is 0 Å². The van der Waals surface area contributed by atoms with Gasteiger partial charge in [0.2, 0.25) is 162 Å². The Morgan fingerprint density at radius 3 is 0.796 bits per heavy atom. The summed E-state index contributed by atoms with van der Waals surface area (Å²) < 4.78 is 125. The van der Waals surface area contributed by atoms with Gasteiger partial charge in [-0.1, -0.05) is 0 Å². The maximum Gasteiger partial charge on any atom is 0.420 e. The van der Waals surface area contributed by atoms with E-state index < -0.39 is 424 Å². The molecule has 49 nitrogen and oxygen atoms in total. The lowest BCUT2D eigenvalue weighted by Gasteiger charge is -2.74. The maximum absolute atomic E-state index is 14.8. The molecule has 589 valence electrons. The molecule has 0 aromatic heterocycles. The highest BCUT2D eigenvalue weighted by molar-refractivity contribution is 8.30. The number of hydrogen-bond donors (Lipinski definition) is 31. The first kappa shape index (κ1) is 117. The summed E-state index contributed by atoms with van der Waals surface area (Å²) in [7, 11) is -129. The lowest BCUT2D eigenvalue weighted by molar-refractivity contribution is 0.289. The summed E-state index contributed by atoms with van der Waals surface area (Å²) in [5.41, 5.74) is 0. The van der Waals surface area contributed by atoms with E-state index in [2.05, 4.69) is 9.76 Å².